The number of ether oxygens (including phenoxy) is 2. The minimum Gasteiger partial charge on any atom is -0.487 e. The van der Waals surface area contributed by atoms with Gasteiger partial charge in [-0.05, 0) is 34.9 Å². The van der Waals surface area contributed by atoms with Gasteiger partial charge in [-0.3, -0.25) is 0 Å². The highest BCUT2D eigenvalue weighted by Crippen LogP contribution is 2.35. The maximum Gasteiger partial charge on any atom is 0.265 e. The van der Waals surface area contributed by atoms with Crippen LogP contribution >= 0.6 is 11.3 Å². The van der Waals surface area contributed by atoms with Crippen molar-refractivity contribution in [1.29, 1.82) is 0 Å². The summed E-state index contributed by atoms with van der Waals surface area (Å²) in [6.07, 6.45) is 5.56. The van der Waals surface area contributed by atoms with E-state index in [1.165, 1.54) is 0 Å². The Labute approximate surface area is 259 Å². The summed E-state index contributed by atoms with van der Waals surface area (Å²) < 4.78 is 38.3. The van der Waals surface area contributed by atoms with Gasteiger partial charge in [0.15, 0.2) is 0 Å². The van der Waals surface area contributed by atoms with Crippen LogP contribution in [0.3, 0.4) is 0 Å². The second-order valence-corrected chi connectivity index (χ2v) is 12.7. The van der Waals surface area contributed by atoms with Gasteiger partial charge in [-0.25, -0.2) is 23.2 Å². The summed E-state index contributed by atoms with van der Waals surface area (Å²) in [4.78, 5) is 4.09. The Bertz CT molecular complexity index is 1960. The molecule has 2 N–H and O–H groups in total. The van der Waals surface area contributed by atoms with Gasteiger partial charge in [0.1, 0.15) is 30.2 Å². The van der Waals surface area contributed by atoms with Crippen molar-refractivity contribution in [2.75, 3.05) is 6.61 Å². The highest BCUT2D eigenvalue weighted by molar-refractivity contribution is 7.91. The van der Waals surface area contributed by atoms with Crippen LogP contribution in [0.1, 0.15) is 34.5 Å². The molecule has 0 spiro atoms. The summed E-state index contributed by atoms with van der Waals surface area (Å²) in [7, 11) is -3.88. The monoisotopic (exact) mass is 623 g/mol. The zero-order valence-corrected chi connectivity index (χ0v) is 25.1. The van der Waals surface area contributed by atoms with E-state index in [9.17, 15) is 8.42 Å². The minimum absolute atomic E-state index is 0.134. The molecule has 9 nitrogen and oxygen atoms in total. The normalized spacial score (nSPS) is 13.3. The lowest BCUT2D eigenvalue weighted by Gasteiger charge is -2.28. The molecule has 2 heterocycles. The number of fused-ring (bicyclic) bond motifs is 1. The first kappa shape index (κ1) is 29.4. The standard InChI is InChI=1S/C33H29N5O4S2/c34-44(39,40)33-35-29-19-18-28(21-30(29)43-33)42-23-27-22-38(37-36-27)31(25-14-6-2-7-15-25)32(26-16-8-3-9-17-26)41-20-10-13-24-11-4-1-5-12-24/h1-19,21-22,31-32H,20,23H2,(H2,34,39,40)/b13-10+/t31?,32-/m0/s1. The van der Waals surface area contributed by atoms with Crippen LogP contribution in [0.25, 0.3) is 16.3 Å². The summed E-state index contributed by atoms with van der Waals surface area (Å²) in [5.41, 5.74) is 4.30. The third kappa shape index (κ3) is 7.09. The molecule has 0 aliphatic heterocycles. The first-order valence-electron chi connectivity index (χ1n) is 13.8. The van der Waals surface area contributed by atoms with Crippen LogP contribution in [0.15, 0.2) is 126 Å². The molecular formula is C33H29N5O4S2. The average molecular weight is 624 g/mol. The second kappa shape index (κ2) is 13.3. The van der Waals surface area contributed by atoms with E-state index in [4.69, 9.17) is 14.6 Å². The molecule has 6 rings (SSSR count). The Hall–Kier alpha value is -4.68. The van der Waals surface area contributed by atoms with Crippen molar-refractivity contribution >= 4 is 37.7 Å². The molecule has 4 aromatic carbocycles. The Balaban J connectivity index is 1.24. The van der Waals surface area contributed by atoms with Crippen LogP contribution in [-0.4, -0.2) is 35.0 Å². The summed E-state index contributed by atoms with van der Waals surface area (Å²) in [5, 5.41) is 14.1. The van der Waals surface area contributed by atoms with Crippen molar-refractivity contribution in [1.82, 2.24) is 20.0 Å². The lowest BCUT2D eigenvalue weighted by molar-refractivity contribution is 0.0403. The van der Waals surface area contributed by atoms with E-state index in [0.29, 0.717) is 28.3 Å². The first-order chi connectivity index (χ1) is 21.4. The van der Waals surface area contributed by atoms with Crippen LogP contribution < -0.4 is 9.88 Å². The number of primary sulfonamides is 1. The average Bonchev–Trinajstić information content (AvgIpc) is 3.70. The molecule has 0 fully saturated rings. The van der Waals surface area contributed by atoms with E-state index in [2.05, 4.69) is 39.6 Å². The molecular weight excluding hydrogens is 595 g/mol. The van der Waals surface area contributed by atoms with E-state index in [1.54, 1.807) is 18.2 Å². The molecule has 44 heavy (non-hydrogen) atoms. The Morgan fingerprint density at radius 1 is 0.886 bits per heavy atom. The van der Waals surface area contributed by atoms with Crippen molar-refractivity contribution in [3.05, 3.63) is 144 Å². The highest BCUT2D eigenvalue weighted by Gasteiger charge is 2.28. The largest absolute Gasteiger partial charge is 0.487 e. The second-order valence-electron chi connectivity index (χ2n) is 9.97. The molecule has 0 saturated heterocycles. The van der Waals surface area contributed by atoms with Gasteiger partial charge in [-0.2, -0.15) is 0 Å². The molecule has 0 radical (unpaired) electrons. The van der Waals surface area contributed by atoms with Crippen LogP contribution in [0.4, 0.5) is 0 Å². The van der Waals surface area contributed by atoms with Gasteiger partial charge in [-0.1, -0.05) is 108 Å². The van der Waals surface area contributed by atoms with Gasteiger partial charge in [0.05, 0.1) is 23.0 Å². The Kier molecular flexibility index (Phi) is 8.89. The maximum absolute atomic E-state index is 11.7. The first-order valence-corrected chi connectivity index (χ1v) is 16.2. The number of hydrogen-bond acceptors (Lipinski definition) is 8. The number of hydrogen-bond donors (Lipinski definition) is 1. The van der Waals surface area contributed by atoms with Crippen LogP contribution in [0.2, 0.25) is 0 Å². The highest BCUT2D eigenvalue weighted by atomic mass is 32.2. The lowest BCUT2D eigenvalue weighted by atomic mass is 9.95. The summed E-state index contributed by atoms with van der Waals surface area (Å²) >= 11 is 0.999. The minimum atomic E-state index is -3.88. The fourth-order valence-corrected chi connectivity index (χ4v) is 6.49. The van der Waals surface area contributed by atoms with Crippen LogP contribution in [0.5, 0.6) is 5.75 Å². The number of thiazole rings is 1. The van der Waals surface area contributed by atoms with Crippen LogP contribution in [-0.2, 0) is 21.4 Å². The molecule has 0 amide bonds. The van der Waals surface area contributed by atoms with Gasteiger partial charge >= 0.3 is 0 Å². The molecule has 6 aromatic rings. The molecule has 1 unspecified atom stereocenters. The summed E-state index contributed by atoms with van der Waals surface area (Å²) in [5.74, 6) is 0.548. The molecule has 222 valence electrons. The van der Waals surface area contributed by atoms with Crippen LogP contribution in [0, 0.1) is 0 Å². The molecule has 0 aliphatic carbocycles. The van der Waals surface area contributed by atoms with E-state index in [-0.39, 0.29) is 23.1 Å². The van der Waals surface area contributed by atoms with E-state index in [1.807, 2.05) is 89.8 Å². The molecule has 11 heteroatoms. The third-order valence-corrected chi connectivity index (χ3v) is 9.19. The fourth-order valence-electron chi connectivity index (χ4n) is 4.80. The number of aromatic nitrogens is 4. The van der Waals surface area contributed by atoms with E-state index < -0.39 is 10.0 Å². The number of benzene rings is 4. The number of nitrogens with zero attached hydrogens (tertiary/aromatic N) is 4. The Morgan fingerprint density at radius 2 is 1.57 bits per heavy atom. The van der Waals surface area contributed by atoms with Gasteiger partial charge in [0.2, 0.25) is 4.34 Å². The maximum atomic E-state index is 11.7. The predicted molar refractivity (Wildman–Crippen MR) is 171 cm³/mol. The molecule has 2 atom stereocenters. The van der Waals surface area contributed by atoms with E-state index in [0.717, 1.165) is 28.0 Å². The van der Waals surface area contributed by atoms with Gasteiger partial charge in [-0.15, -0.1) is 16.4 Å². The van der Waals surface area contributed by atoms with Crippen molar-refractivity contribution in [2.45, 2.75) is 23.1 Å². The van der Waals surface area contributed by atoms with Crippen molar-refractivity contribution in [3.63, 3.8) is 0 Å². The van der Waals surface area contributed by atoms with Crippen molar-refractivity contribution < 1.29 is 17.9 Å². The molecule has 2 aromatic heterocycles. The van der Waals surface area contributed by atoms with E-state index >= 15 is 0 Å². The van der Waals surface area contributed by atoms with Crippen molar-refractivity contribution in [3.8, 4) is 5.75 Å². The van der Waals surface area contributed by atoms with Gasteiger partial charge in [0.25, 0.3) is 10.0 Å². The summed E-state index contributed by atoms with van der Waals surface area (Å²) in [6, 6.07) is 35.1. The predicted octanol–water partition coefficient (Wildman–Crippen LogP) is 6.17. The molecule has 0 aliphatic rings. The van der Waals surface area contributed by atoms with Crippen molar-refractivity contribution in [2.24, 2.45) is 5.14 Å². The number of rotatable bonds is 12. The summed E-state index contributed by atoms with van der Waals surface area (Å²) in [6.45, 7) is 0.556. The quantitative estimate of drug-likeness (QED) is 0.173. The lowest BCUT2D eigenvalue weighted by Crippen LogP contribution is -2.22. The van der Waals surface area contributed by atoms with Gasteiger partial charge < -0.3 is 9.47 Å². The molecule has 0 bridgehead atoms. The SMILES string of the molecule is NS(=O)(=O)c1nc2ccc(OCc3cn(C(c4ccccc4)[C@@H](OC/C=C/c4ccccc4)c4ccccc4)nn3)cc2s1. The number of nitrogens with two attached hydrogens (primary N) is 1. The Morgan fingerprint density at radius 3 is 2.27 bits per heavy atom. The van der Waals surface area contributed by atoms with Gasteiger partial charge in [0, 0.05) is 0 Å². The third-order valence-electron chi connectivity index (χ3n) is 6.85. The smallest absolute Gasteiger partial charge is 0.265 e. The fraction of sp³-hybridized carbons (Fsp3) is 0.121. The zero-order valence-electron chi connectivity index (χ0n) is 23.5. The topological polar surface area (TPSA) is 122 Å². The molecule has 0 saturated carbocycles. The number of sulfonamides is 1. The zero-order chi connectivity index (χ0) is 30.4.